The molecule has 1 aromatic heterocycles. The zero-order chi connectivity index (χ0) is 22.0. The van der Waals surface area contributed by atoms with Crippen LogP contribution < -0.4 is 15.4 Å². The van der Waals surface area contributed by atoms with E-state index >= 15 is 0 Å². The van der Waals surface area contributed by atoms with Crippen molar-refractivity contribution in [1.29, 1.82) is 0 Å². The van der Waals surface area contributed by atoms with E-state index in [1.54, 1.807) is 0 Å². The van der Waals surface area contributed by atoms with Gasteiger partial charge in [-0.25, -0.2) is 4.79 Å². The standard InChI is InChI=1S/C23H29N3O5/c1-3-30-17-9-6-8-16-14-18(31-20(16)17)15(2)24-19(27)10-7-13-26-21(28)23(25-22(26)29)11-4-5-12-23/h6,8-9,14-15H,3-5,7,10-13H2,1-2H3,(H,24,27)(H,25,29). The Labute approximate surface area is 181 Å². The van der Waals surface area contributed by atoms with Gasteiger partial charge in [0.05, 0.1) is 12.6 Å². The Balaban J connectivity index is 1.30. The SMILES string of the molecule is CCOc1cccc2cc(C(C)NC(=O)CCCN3C(=O)NC4(CCCC4)C3=O)oc12. The fourth-order valence-corrected chi connectivity index (χ4v) is 4.52. The second-order valence-electron chi connectivity index (χ2n) is 8.33. The average molecular weight is 428 g/mol. The Morgan fingerprint density at radius 2 is 2.10 bits per heavy atom. The highest BCUT2D eigenvalue weighted by atomic mass is 16.5. The molecule has 166 valence electrons. The smallest absolute Gasteiger partial charge is 0.325 e. The zero-order valence-electron chi connectivity index (χ0n) is 18.0. The second kappa shape index (κ2) is 8.61. The van der Waals surface area contributed by atoms with Gasteiger partial charge in [0.2, 0.25) is 5.91 Å². The maximum absolute atomic E-state index is 12.7. The third-order valence-corrected chi connectivity index (χ3v) is 6.12. The van der Waals surface area contributed by atoms with Gasteiger partial charge in [-0.05, 0) is 45.2 Å². The van der Waals surface area contributed by atoms with Gasteiger partial charge in [0.25, 0.3) is 5.91 Å². The van der Waals surface area contributed by atoms with Crippen LogP contribution in [0.25, 0.3) is 11.0 Å². The number of carbonyl (C=O) groups excluding carboxylic acids is 3. The van der Waals surface area contributed by atoms with Gasteiger partial charge in [-0.3, -0.25) is 14.5 Å². The van der Waals surface area contributed by atoms with Crippen LogP contribution in [-0.2, 0) is 9.59 Å². The Kier molecular flexibility index (Phi) is 5.89. The molecule has 0 radical (unpaired) electrons. The van der Waals surface area contributed by atoms with E-state index in [0.29, 0.717) is 43.0 Å². The summed E-state index contributed by atoms with van der Waals surface area (Å²) in [5, 5.41) is 6.71. The molecule has 1 saturated heterocycles. The van der Waals surface area contributed by atoms with Crippen molar-refractivity contribution in [2.24, 2.45) is 0 Å². The first-order chi connectivity index (χ1) is 14.9. The molecule has 2 heterocycles. The molecule has 1 unspecified atom stereocenters. The van der Waals surface area contributed by atoms with Crippen LogP contribution in [0.3, 0.4) is 0 Å². The second-order valence-corrected chi connectivity index (χ2v) is 8.33. The topological polar surface area (TPSA) is 101 Å². The van der Waals surface area contributed by atoms with Gasteiger partial charge < -0.3 is 19.8 Å². The number of nitrogens with zero attached hydrogens (tertiary/aromatic N) is 1. The van der Waals surface area contributed by atoms with Crippen molar-refractivity contribution in [3.8, 4) is 5.75 Å². The number of furan rings is 1. The van der Waals surface area contributed by atoms with Gasteiger partial charge in [-0.15, -0.1) is 0 Å². The lowest BCUT2D eigenvalue weighted by molar-refractivity contribution is -0.131. The maximum atomic E-state index is 12.7. The van der Waals surface area contributed by atoms with Gasteiger partial charge >= 0.3 is 6.03 Å². The molecule has 1 aliphatic carbocycles. The minimum Gasteiger partial charge on any atom is -0.490 e. The molecular formula is C23H29N3O5. The van der Waals surface area contributed by atoms with Crippen LogP contribution in [0, 0.1) is 0 Å². The third kappa shape index (κ3) is 4.11. The van der Waals surface area contributed by atoms with E-state index in [2.05, 4.69) is 10.6 Å². The Bertz CT molecular complexity index is 992. The van der Waals surface area contributed by atoms with Crippen LogP contribution in [0.1, 0.15) is 64.2 Å². The summed E-state index contributed by atoms with van der Waals surface area (Å²) in [5.41, 5.74) is -0.0324. The number of nitrogens with one attached hydrogen (secondary N) is 2. The van der Waals surface area contributed by atoms with E-state index in [4.69, 9.17) is 9.15 Å². The Morgan fingerprint density at radius 1 is 1.32 bits per heavy atom. The number of fused-ring (bicyclic) bond motifs is 1. The van der Waals surface area contributed by atoms with E-state index in [1.165, 1.54) is 4.90 Å². The molecule has 1 atom stereocenters. The minimum absolute atomic E-state index is 0.142. The van der Waals surface area contributed by atoms with Gasteiger partial charge in [-0.1, -0.05) is 25.0 Å². The number of amides is 4. The summed E-state index contributed by atoms with van der Waals surface area (Å²) in [4.78, 5) is 38.5. The fourth-order valence-electron chi connectivity index (χ4n) is 4.52. The molecule has 0 bridgehead atoms. The monoisotopic (exact) mass is 427 g/mol. The largest absolute Gasteiger partial charge is 0.490 e. The number of hydrogen-bond donors (Lipinski definition) is 2. The number of para-hydroxylation sites is 1. The van der Waals surface area contributed by atoms with E-state index in [1.807, 2.05) is 38.1 Å². The summed E-state index contributed by atoms with van der Waals surface area (Å²) in [6, 6.07) is 6.95. The fraction of sp³-hybridized carbons (Fsp3) is 0.522. The predicted octanol–water partition coefficient (Wildman–Crippen LogP) is 3.65. The molecule has 2 aliphatic rings. The highest BCUT2D eigenvalue weighted by molar-refractivity contribution is 6.07. The van der Waals surface area contributed by atoms with Gasteiger partial charge in [0.15, 0.2) is 11.3 Å². The quantitative estimate of drug-likeness (QED) is 0.626. The van der Waals surface area contributed by atoms with Crippen LogP contribution >= 0.6 is 0 Å². The number of benzene rings is 1. The van der Waals surface area contributed by atoms with Crippen molar-refractivity contribution in [2.75, 3.05) is 13.2 Å². The highest BCUT2D eigenvalue weighted by Gasteiger charge is 2.52. The minimum atomic E-state index is -0.699. The molecule has 31 heavy (non-hydrogen) atoms. The summed E-state index contributed by atoms with van der Waals surface area (Å²) < 4.78 is 11.5. The summed E-state index contributed by atoms with van der Waals surface area (Å²) in [6.07, 6.45) is 3.95. The maximum Gasteiger partial charge on any atom is 0.325 e. The number of urea groups is 1. The van der Waals surface area contributed by atoms with Crippen LogP contribution in [0.5, 0.6) is 5.75 Å². The molecule has 4 amide bonds. The molecule has 1 saturated carbocycles. The molecule has 2 N–H and O–H groups in total. The first-order valence-corrected chi connectivity index (χ1v) is 11.0. The summed E-state index contributed by atoms with van der Waals surface area (Å²) in [7, 11) is 0. The molecular weight excluding hydrogens is 398 g/mol. The van der Waals surface area contributed by atoms with Crippen LogP contribution in [0.2, 0.25) is 0 Å². The molecule has 8 heteroatoms. The lowest BCUT2D eigenvalue weighted by Gasteiger charge is -2.20. The first kappa shape index (κ1) is 21.2. The van der Waals surface area contributed by atoms with E-state index in [-0.39, 0.29) is 36.9 Å². The number of imide groups is 1. The van der Waals surface area contributed by atoms with Gasteiger partial charge in [0.1, 0.15) is 11.3 Å². The van der Waals surface area contributed by atoms with E-state index < -0.39 is 5.54 Å². The molecule has 2 aromatic rings. The molecule has 1 spiro atoms. The van der Waals surface area contributed by atoms with Gasteiger partial charge in [-0.2, -0.15) is 0 Å². The number of rotatable bonds is 8. The van der Waals surface area contributed by atoms with Crippen molar-refractivity contribution in [1.82, 2.24) is 15.5 Å². The summed E-state index contributed by atoms with van der Waals surface area (Å²) >= 11 is 0. The van der Waals surface area contributed by atoms with Crippen LogP contribution in [-0.4, -0.2) is 41.4 Å². The van der Waals surface area contributed by atoms with E-state index in [9.17, 15) is 14.4 Å². The molecule has 1 aliphatic heterocycles. The molecule has 8 nitrogen and oxygen atoms in total. The number of hydrogen-bond acceptors (Lipinski definition) is 5. The van der Waals surface area contributed by atoms with Crippen LogP contribution in [0.4, 0.5) is 4.79 Å². The molecule has 1 aromatic carbocycles. The van der Waals surface area contributed by atoms with Crippen molar-refractivity contribution in [2.45, 2.75) is 64.0 Å². The van der Waals surface area contributed by atoms with Gasteiger partial charge in [0, 0.05) is 18.4 Å². The van der Waals surface area contributed by atoms with Crippen molar-refractivity contribution in [3.05, 3.63) is 30.0 Å². The predicted molar refractivity (Wildman–Crippen MR) is 115 cm³/mol. The highest BCUT2D eigenvalue weighted by Crippen LogP contribution is 2.35. The van der Waals surface area contributed by atoms with Crippen molar-refractivity contribution >= 4 is 28.8 Å². The van der Waals surface area contributed by atoms with E-state index in [0.717, 1.165) is 18.2 Å². The summed E-state index contributed by atoms with van der Waals surface area (Å²) in [6.45, 7) is 4.56. The average Bonchev–Trinajstić information content (AvgIpc) is 3.43. The summed E-state index contributed by atoms with van der Waals surface area (Å²) in [5.74, 6) is 1.03. The number of carbonyl (C=O) groups is 3. The first-order valence-electron chi connectivity index (χ1n) is 11.0. The molecule has 4 rings (SSSR count). The number of ether oxygens (including phenoxy) is 1. The third-order valence-electron chi connectivity index (χ3n) is 6.12. The molecule has 2 fully saturated rings. The lowest BCUT2D eigenvalue weighted by atomic mass is 9.98. The zero-order valence-corrected chi connectivity index (χ0v) is 18.0. The van der Waals surface area contributed by atoms with Crippen molar-refractivity contribution < 1.29 is 23.5 Å². The van der Waals surface area contributed by atoms with Crippen molar-refractivity contribution in [3.63, 3.8) is 0 Å². The lowest BCUT2D eigenvalue weighted by Crippen LogP contribution is -2.44. The van der Waals surface area contributed by atoms with Crippen LogP contribution in [0.15, 0.2) is 28.7 Å². The Hall–Kier alpha value is -3.03. The normalized spacial score (nSPS) is 18.6. The Morgan fingerprint density at radius 3 is 2.84 bits per heavy atom.